The predicted octanol–water partition coefficient (Wildman–Crippen LogP) is 11.7. The van der Waals surface area contributed by atoms with E-state index >= 15 is 0 Å². The zero-order valence-corrected chi connectivity index (χ0v) is 31.9. The number of ketones is 1. The number of carbonyl (C=O) groups excluding carboxylic acids is 1. The number of benzene rings is 3. The van der Waals surface area contributed by atoms with Crippen LogP contribution >= 0.6 is 0 Å². The van der Waals surface area contributed by atoms with E-state index in [0.29, 0.717) is 0 Å². The fourth-order valence-electron chi connectivity index (χ4n) is 7.06. The molecule has 2 aromatic heterocycles. The van der Waals surface area contributed by atoms with Gasteiger partial charge in [-0.25, -0.2) is 0 Å². The van der Waals surface area contributed by atoms with Crippen molar-refractivity contribution in [2.75, 3.05) is 0 Å². The SMILES string of the molecule is CC(C)(C)Cc1ccc2c3c1oc1ccnc(c13)-c1[c-]c3ccccc3cc1C2(C)C.CCC(CC)C(=O)/C=C(\O)C(CC)CC.[Ir]. The van der Waals surface area contributed by atoms with Crippen molar-refractivity contribution in [2.24, 2.45) is 17.3 Å². The zero-order valence-electron chi connectivity index (χ0n) is 29.5. The first-order valence-corrected chi connectivity index (χ1v) is 17.1. The van der Waals surface area contributed by atoms with Crippen LogP contribution in [0.1, 0.15) is 105 Å². The third kappa shape index (κ3) is 7.13. The van der Waals surface area contributed by atoms with Gasteiger partial charge in [-0.2, -0.15) is 0 Å². The minimum absolute atomic E-state index is 0. The molecule has 6 rings (SSSR count). The number of aliphatic hydroxyl groups is 1. The second-order valence-corrected chi connectivity index (χ2v) is 14.6. The number of nitrogens with zero attached hydrogens (tertiary/aromatic N) is 1. The molecular formula is C42H50IrNO3-. The van der Waals surface area contributed by atoms with Gasteiger partial charge in [-0.15, -0.1) is 23.6 Å². The van der Waals surface area contributed by atoms with Gasteiger partial charge in [0, 0.05) is 60.7 Å². The van der Waals surface area contributed by atoms with Gasteiger partial charge in [-0.05, 0) is 60.1 Å². The van der Waals surface area contributed by atoms with Gasteiger partial charge in [0.1, 0.15) is 11.2 Å². The van der Waals surface area contributed by atoms with Gasteiger partial charge >= 0.3 is 0 Å². The van der Waals surface area contributed by atoms with Crippen molar-refractivity contribution in [1.29, 1.82) is 0 Å². The molecule has 0 saturated carbocycles. The van der Waals surface area contributed by atoms with Crippen LogP contribution in [0.2, 0.25) is 0 Å². The third-order valence-electron chi connectivity index (χ3n) is 9.79. The number of hydrogen-bond acceptors (Lipinski definition) is 4. The summed E-state index contributed by atoms with van der Waals surface area (Å²) >= 11 is 0. The molecule has 0 unspecified atom stereocenters. The van der Waals surface area contributed by atoms with E-state index in [4.69, 9.17) is 9.40 Å². The van der Waals surface area contributed by atoms with Crippen LogP contribution in [0.25, 0.3) is 44.0 Å². The summed E-state index contributed by atoms with van der Waals surface area (Å²) in [5, 5.41) is 14.4. The maximum Gasteiger partial charge on any atom is 0.162 e. The van der Waals surface area contributed by atoms with Crippen LogP contribution in [0.5, 0.6) is 0 Å². The molecule has 4 nitrogen and oxygen atoms in total. The molecule has 0 spiro atoms. The van der Waals surface area contributed by atoms with Crippen LogP contribution in [-0.4, -0.2) is 15.9 Å². The molecule has 0 atom stereocenters. The van der Waals surface area contributed by atoms with Crippen molar-refractivity contribution in [3.63, 3.8) is 0 Å². The maximum absolute atomic E-state index is 11.7. The van der Waals surface area contributed by atoms with E-state index in [-0.39, 0.29) is 54.3 Å². The average Bonchev–Trinajstić information content (AvgIpc) is 3.38. The summed E-state index contributed by atoms with van der Waals surface area (Å²) in [5.41, 5.74) is 7.81. The molecule has 0 aliphatic heterocycles. The zero-order chi connectivity index (χ0) is 33.4. The summed E-state index contributed by atoms with van der Waals surface area (Å²) in [6.45, 7) is 19.5. The predicted molar refractivity (Wildman–Crippen MR) is 192 cm³/mol. The molecule has 1 N–H and O–H groups in total. The van der Waals surface area contributed by atoms with E-state index in [2.05, 4.69) is 83.1 Å². The molecule has 251 valence electrons. The molecule has 5 aromatic rings. The smallest absolute Gasteiger partial charge is 0.162 e. The minimum atomic E-state index is -0.202. The number of rotatable bonds is 8. The van der Waals surface area contributed by atoms with Crippen LogP contribution in [0.3, 0.4) is 0 Å². The van der Waals surface area contributed by atoms with Crippen LogP contribution in [0.4, 0.5) is 0 Å². The molecule has 47 heavy (non-hydrogen) atoms. The number of pyridine rings is 1. The summed E-state index contributed by atoms with van der Waals surface area (Å²) in [4.78, 5) is 16.6. The Balaban J connectivity index is 0.000000269. The number of fused-ring (bicyclic) bond motifs is 3. The second-order valence-electron chi connectivity index (χ2n) is 14.6. The molecule has 3 aromatic carbocycles. The molecular weight excluding hydrogens is 759 g/mol. The monoisotopic (exact) mass is 809 g/mol. The number of allylic oxidation sites excluding steroid dienone is 2. The van der Waals surface area contributed by atoms with Crippen LogP contribution in [0.15, 0.2) is 71.0 Å². The van der Waals surface area contributed by atoms with Crippen molar-refractivity contribution in [3.05, 3.63) is 89.3 Å². The first-order chi connectivity index (χ1) is 21.8. The molecule has 5 heteroatoms. The van der Waals surface area contributed by atoms with E-state index in [9.17, 15) is 9.90 Å². The van der Waals surface area contributed by atoms with Crippen molar-refractivity contribution in [3.8, 4) is 11.3 Å². The Morgan fingerprint density at radius 3 is 2.23 bits per heavy atom. The fourth-order valence-corrected chi connectivity index (χ4v) is 7.06. The standard InChI is InChI=1S/C29H26NO.C13H24O2.Ir/c1-28(2,3)16-19-10-11-21-24-25-23(31-27(19)24)12-13-30-26(25)20-14-17-8-6-7-9-18(17)15-22(20)29(21,4)5;1-5-10(6-2)12(14)9-13(15)11(7-3)8-4;/h6-13,15H,16H2,1-5H3;9-11,14H,5-8H2,1-4H3;/q-1;;/b;12-9-;. The van der Waals surface area contributed by atoms with Crippen LogP contribution < -0.4 is 0 Å². The van der Waals surface area contributed by atoms with E-state index in [0.717, 1.165) is 65.3 Å². The molecule has 1 aliphatic carbocycles. The minimum Gasteiger partial charge on any atom is -0.512 e. The van der Waals surface area contributed by atoms with Crippen LogP contribution in [-0.2, 0) is 36.7 Å². The Hall–Kier alpha value is -3.27. The van der Waals surface area contributed by atoms with E-state index in [1.165, 1.54) is 33.5 Å². The maximum atomic E-state index is 11.7. The Labute approximate surface area is 294 Å². The van der Waals surface area contributed by atoms with Crippen molar-refractivity contribution < 1.29 is 34.4 Å². The van der Waals surface area contributed by atoms with Gasteiger partial charge in [-0.3, -0.25) is 9.78 Å². The Kier molecular flexibility index (Phi) is 11.3. The van der Waals surface area contributed by atoms with Crippen molar-refractivity contribution >= 4 is 38.5 Å². The Bertz CT molecular complexity index is 1920. The van der Waals surface area contributed by atoms with Crippen molar-refractivity contribution in [2.45, 2.75) is 99.8 Å². The van der Waals surface area contributed by atoms with E-state index < -0.39 is 0 Å². The second kappa shape index (κ2) is 14.5. The Morgan fingerprint density at radius 1 is 0.936 bits per heavy atom. The number of carbonyl (C=O) groups is 1. The van der Waals surface area contributed by atoms with Gasteiger partial charge in [0.05, 0.1) is 5.76 Å². The summed E-state index contributed by atoms with van der Waals surface area (Å²) in [6.07, 6.45) is 7.74. The first kappa shape index (κ1) is 36.6. The topological polar surface area (TPSA) is 63.3 Å². The first-order valence-electron chi connectivity index (χ1n) is 17.1. The third-order valence-corrected chi connectivity index (χ3v) is 9.79. The number of furan rings is 1. The van der Waals surface area contributed by atoms with Crippen molar-refractivity contribution in [1.82, 2.24) is 4.98 Å². The van der Waals surface area contributed by atoms with Gasteiger partial charge < -0.3 is 9.52 Å². The summed E-state index contributed by atoms with van der Waals surface area (Å²) in [6, 6.07) is 21.1. The number of hydrogen-bond donors (Lipinski definition) is 1. The average molecular weight is 809 g/mol. The molecule has 0 bridgehead atoms. The molecule has 0 amide bonds. The molecule has 1 radical (unpaired) electrons. The molecule has 0 saturated heterocycles. The number of aromatic nitrogens is 1. The molecule has 0 fully saturated rings. The van der Waals surface area contributed by atoms with E-state index in [1.54, 1.807) is 0 Å². The quantitative estimate of drug-likeness (QED) is 0.0963. The summed E-state index contributed by atoms with van der Waals surface area (Å²) in [5.74, 6) is 0.547. The summed E-state index contributed by atoms with van der Waals surface area (Å²) in [7, 11) is 0. The Morgan fingerprint density at radius 2 is 1.60 bits per heavy atom. The normalized spacial score (nSPS) is 13.9. The largest absolute Gasteiger partial charge is 0.512 e. The van der Waals surface area contributed by atoms with Gasteiger partial charge in [-0.1, -0.05) is 109 Å². The fraction of sp³-hybridized carbons (Fsp3) is 0.429. The van der Waals surface area contributed by atoms with Gasteiger partial charge in [0.15, 0.2) is 5.78 Å². The van der Waals surface area contributed by atoms with E-state index in [1.807, 2.05) is 40.0 Å². The molecule has 1 aliphatic rings. The number of aliphatic hydroxyl groups excluding tert-OH is 1. The van der Waals surface area contributed by atoms with Crippen LogP contribution in [0, 0.1) is 23.3 Å². The van der Waals surface area contributed by atoms with Gasteiger partial charge in [0.2, 0.25) is 0 Å². The molecule has 2 heterocycles. The van der Waals surface area contributed by atoms with Gasteiger partial charge in [0.25, 0.3) is 0 Å². The summed E-state index contributed by atoms with van der Waals surface area (Å²) < 4.78 is 6.53.